The van der Waals surface area contributed by atoms with E-state index in [0.29, 0.717) is 0 Å². The minimum absolute atomic E-state index is 0.153. The van der Waals surface area contributed by atoms with Crippen molar-refractivity contribution in [3.8, 4) is 0 Å². The van der Waals surface area contributed by atoms with Gasteiger partial charge in [-0.25, -0.2) is 4.39 Å². The standard InChI is InChI=1S/C27H35F/c1-8-11-19(5)26-17-23(28)16-21(7)27(26)25(12-9-2)24(10-3)22-14-13-18(4)20(6)15-22/h11,13-17H,8-10,12H2,1-7H3/b19-11+,25-24+. The summed E-state index contributed by atoms with van der Waals surface area (Å²) in [7, 11) is 0. The van der Waals surface area contributed by atoms with Crippen molar-refractivity contribution < 1.29 is 4.39 Å². The number of rotatable bonds is 7. The zero-order chi connectivity index (χ0) is 20.8. The Bertz CT molecular complexity index is 897. The molecule has 0 heterocycles. The van der Waals surface area contributed by atoms with Crippen molar-refractivity contribution >= 4 is 16.7 Å². The first-order valence-electron chi connectivity index (χ1n) is 10.6. The maximum absolute atomic E-state index is 14.3. The molecule has 2 aromatic carbocycles. The zero-order valence-electron chi connectivity index (χ0n) is 18.7. The lowest BCUT2D eigenvalue weighted by atomic mass is 9.83. The third kappa shape index (κ3) is 4.82. The largest absolute Gasteiger partial charge is 0.207 e. The van der Waals surface area contributed by atoms with Crippen LogP contribution in [0.1, 0.15) is 86.8 Å². The van der Waals surface area contributed by atoms with Gasteiger partial charge in [-0.15, -0.1) is 0 Å². The van der Waals surface area contributed by atoms with Crippen LogP contribution >= 0.6 is 0 Å². The summed E-state index contributed by atoms with van der Waals surface area (Å²) in [5, 5.41) is 0. The molecule has 0 bridgehead atoms. The number of benzene rings is 2. The second kappa shape index (κ2) is 9.87. The molecule has 0 aromatic heterocycles. The quantitative estimate of drug-likeness (QED) is 0.423. The minimum atomic E-state index is -0.153. The maximum Gasteiger partial charge on any atom is 0.124 e. The predicted molar refractivity (Wildman–Crippen MR) is 123 cm³/mol. The van der Waals surface area contributed by atoms with Gasteiger partial charge in [-0.3, -0.25) is 0 Å². The van der Waals surface area contributed by atoms with Gasteiger partial charge in [-0.05, 0) is 109 Å². The lowest BCUT2D eigenvalue weighted by molar-refractivity contribution is 0.626. The average molecular weight is 379 g/mol. The van der Waals surface area contributed by atoms with Crippen LogP contribution < -0.4 is 0 Å². The fourth-order valence-electron chi connectivity index (χ4n) is 4.07. The molecule has 2 aromatic rings. The number of halogens is 1. The van der Waals surface area contributed by atoms with Crippen molar-refractivity contribution in [2.24, 2.45) is 0 Å². The molecule has 0 saturated carbocycles. The van der Waals surface area contributed by atoms with Crippen molar-refractivity contribution in [2.45, 2.75) is 74.1 Å². The minimum Gasteiger partial charge on any atom is -0.207 e. The molecule has 0 spiro atoms. The van der Waals surface area contributed by atoms with Gasteiger partial charge in [0.05, 0.1) is 0 Å². The molecule has 0 saturated heterocycles. The van der Waals surface area contributed by atoms with E-state index in [1.165, 1.54) is 33.4 Å². The van der Waals surface area contributed by atoms with Crippen LogP contribution in [0.15, 0.2) is 36.4 Å². The van der Waals surface area contributed by atoms with Crippen molar-refractivity contribution in [2.75, 3.05) is 0 Å². The van der Waals surface area contributed by atoms with Gasteiger partial charge >= 0.3 is 0 Å². The van der Waals surface area contributed by atoms with Gasteiger partial charge < -0.3 is 0 Å². The highest BCUT2D eigenvalue weighted by Crippen LogP contribution is 2.38. The maximum atomic E-state index is 14.3. The third-order valence-electron chi connectivity index (χ3n) is 5.61. The molecule has 0 amide bonds. The Morgan fingerprint density at radius 1 is 0.893 bits per heavy atom. The second-order valence-electron chi connectivity index (χ2n) is 7.80. The summed E-state index contributed by atoms with van der Waals surface area (Å²) >= 11 is 0. The Morgan fingerprint density at radius 3 is 2.18 bits per heavy atom. The third-order valence-corrected chi connectivity index (χ3v) is 5.61. The highest BCUT2D eigenvalue weighted by molar-refractivity contribution is 5.95. The fraction of sp³-hybridized carbons (Fsp3) is 0.407. The van der Waals surface area contributed by atoms with Crippen LogP contribution in [0.25, 0.3) is 16.7 Å². The molecular formula is C27H35F. The lowest BCUT2D eigenvalue weighted by Crippen LogP contribution is -2.01. The van der Waals surface area contributed by atoms with Crippen LogP contribution in [0, 0.1) is 26.6 Å². The van der Waals surface area contributed by atoms with Gasteiger partial charge in [0.1, 0.15) is 5.82 Å². The Hall–Kier alpha value is -2.15. The van der Waals surface area contributed by atoms with Gasteiger partial charge in [-0.2, -0.15) is 0 Å². The molecule has 1 heteroatoms. The average Bonchev–Trinajstić information content (AvgIpc) is 2.64. The van der Waals surface area contributed by atoms with E-state index in [4.69, 9.17) is 0 Å². The second-order valence-corrected chi connectivity index (χ2v) is 7.80. The van der Waals surface area contributed by atoms with Crippen molar-refractivity contribution in [1.82, 2.24) is 0 Å². The molecule has 2 rings (SSSR count). The highest BCUT2D eigenvalue weighted by atomic mass is 19.1. The van der Waals surface area contributed by atoms with E-state index in [1.807, 2.05) is 6.92 Å². The van der Waals surface area contributed by atoms with Crippen molar-refractivity contribution in [1.29, 1.82) is 0 Å². The van der Waals surface area contributed by atoms with Gasteiger partial charge in [0.2, 0.25) is 0 Å². The monoisotopic (exact) mass is 378 g/mol. The summed E-state index contributed by atoms with van der Waals surface area (Å²) in [4.78, 5) is 0. The first-order chi connectivity index (χ1) is 13.3. The van der Waals surface area contributed by atoms with Crippen LogP contribution in [0.4, 0.5) is 4.39 Å². The molecule has 0 aliphatic carbocycles. The number of aryl methyl sites for hydroxylation is 3. The van der Waals surface area contributed by atoms with E-state index in [2.05, 4.69) is 65.8 Å². The molecule has 0 unspecified atom stereocenters. The Morgan fingerprint density at radius 2 is 1.61 bits per heavy atom. The van der Waals surface area contributed by atoms with Crippen LogP contribution in [-0.4, -0.2) is 0 Å². The topological polar surface area (TPSA) is 0 Å². The van der Waals surface area contributed by atoms with E-state index in [9.17, 15) is 4.39 Å². The van der Waals surface area contributed by atoms with Gasteiger partial charge in [0.15, 0.2) is 0 Å². The molecule has 150 valence electrons. The van der Waals surface area contributed by atoms with E-state index < -0.39 is 0 Å². The van der Waals surface area contributed by atoms with E-state index >= 15 is 0 Å². The van der Waals surface area contributed by atoms with E-state index in [-0.39, 0.29) is 5.82 Å². The summed E-state index contributed by atoms with van der Waals surface area (Å²) in [5.41, 5.74) is 11.1. The molecule has 0 fully saturated rings. The smallest absolute Gasteiger partial charge is 0.124 e. The molecule has 0 aliphatic heterocycles. The summed E-state index contributed by atoms with van der Waals surface area (Å²) in [6, 6.07) is 10.2. The van der Waals surface area contributed by atoms with Crippen molar-refractivity contribution in [3.63, 3.8) is 0 Å². The normalized spacial score (nSPS) is 12.9. The summed E-state index contributed by atoms with van der Waals surface area (Å²) in [5.74, 6) is -0.153. The zero-order valence-corrected chi connectivity index (χ0v) is 18.7. The Labute approximate surface area is 171 Å². The predicted octanol–water partition coefficient (Wildman–Crippen LogP) is 8.69. The van der Waals surface area contributed by atoms with Crippen LogP contribution in [-0.2, 0) is 0 Å². The number of hydrogen-bond donors (Lipinski definition) is 0. The van der Waals surface area contributed by atoms with Crippen molar-refractivity contribution in [3.05, 3.63) is 75.6 Å². The van der Waals surface area contributed by atoms with Gasteiger partial charge in [0, 0.05) is 0 Å². The number of allylic oxidation sites excluding steroid dienone is 4. The molecule has 0 atom stereocenters. The summed E-state index contributed by atoms with van der Waals surface area (Å²) in [6.45, 7) is 15.1. The van der Waals surface area contributed by atoms with Gasteiger partial charge in [0.25, 0.3) is 0 Å². The molecule has 0 radical (unpaired) electrons. The Kier molecular flexibility index (Phi) is 7.80. The first-order valence-corrected chi connectivity index (χ1v) is 10.6. The summed E-state index contributed by atoms with van der Waals surface area (Å²) < 4.78 is 14.3. The SMILES string of the molecule is CC/C=C(\C)c1cc(F)cc(C)c1/C(CCC)=C(\CC)c1ccc(C)c(C)c1. The summed E-state index contributed by atoms with van der Waals surface area (Å²) in [6.07, 6.45) is 6.17. The highest BCUT2D eigenvalue weighted by Gasteiger charge is 2.18. The van der Waals surface area contributed by atoms with E-state index in [0.717, 1.165) is 42.4 Å². The fourth-order valence-corrected chi connectivity index (χ4v) is 4.07. The molecular weight excluding hydrogens is 343 g/mol. The Balaban J connectivity index is 2.86. The van der Waals surface area contributed by atoms with Crippen LogP contribution in [0.5, 0.6) is 0 Å². The molecule has 0 N–H and O–H groups in total. The molecule has 28 heavy (non-hydrogen) atoms. The molecule has 0 nitrogen and oxygen atoms in total. The van der Waals surface area contributed by atoms with E-state index in [1.54, 1.807) is 12.1 Å². The van der Waals surface area contributed by atoms with Crippen LogP contribution in [0.3, 0.4) is 0 Å². The van der Waals surface area contributed by atoms with Crippen LogP contribution in [0.2, 0.25) is 0 Å². The number of hydrogen-bond acceptors (Lipinski definition) is 0. The first kappa shape index (κ1) is 22.1. The molecule has 0 aliphatic rings. The van der Waals surface area contributed by atoms with Gasteiger partial charge in [-0.1, -0.05) is 51.5 Å². The lowest BCUT2D eigenvalue weighted by Gasteiger charge is -2.21.